The Bertz CT molecular complexity index is 930. The van der Waals surface area contributed by atoms with Gasteiger partial charge in [-0.3, -0.25) is 18.6 Å². The third-order valence-corrected chi connectivity index (χ3v) is 4.80. The standard InChI is InChI=1S/C17H21N5O5S/c1-17(2,19-16(23)11-6-8-22(24)9-7-11)10-27-13-5-3-4-12-14(13)15(18)21-28(25,26)20-12/h3-9,20,25-26H,10H2,1-2H3,(H2,18,21)(H,19,23). The van der Waals surface area contributed by atoms with E-state index in [1.54, 1.807) is 32.0 Å². The molecule has 0 spiro atoms. The second-order valence-electron chi connectivity index (χ2n) is 6.85. The summed E-state index contributed by atoms with van der Waals surface area (Å²) in [6.07, 6.45) is 2.49. The number of ether oxygens (including phenoxy) is 1. The lowest BCUT2D eigenvalue weighted by Gasteiger charge is -2.34. The number of aromatic nitrogens is 1. The van der Waals surface area contributed by atoms with E-state index in [0.717, 1.165) is 0 Å². The number of pyridine rings is 1. The molecule has 0 saturated heterocycles. The highest BCUT2D eigenvalue weighted by Gasteiger charge is 2.27. The zero-order chi connectivity index (χ0) is 20.5. The van der Waals surface area contributed by atoms with Crippen LogP contribution < -0.4 is 25.2 Å². The first-order chi connectivity index (χ1) is 13.1. The maximum absolute atomic E-state index is 12.4. The third kappa shape index (κ3) is 4.44. The minimum atomic E-state index is -3.38. The van der Waals surface area contributed by atoms with Crippen LogP contribution in [0.3, 0.4) is 0 Å². The molecule has 10 nitrogen and oxygen atoms in total. The highest BCUT2D eigenvalue weighted by Crippen LogP contribution is 2.46. The van der Waals surface area contributed by atoms with Gasteiger partial charge in [0.2, 0.25) is 0 Å². The summed E-state index contributed by atoms with van der Waals surface area (Å²) in [5, 5.41) is 13.9. The number of fused-ring (bicyclic) bond motifs is 1. The van der Waals surface area contributed by atoms with Gasteiger partial charge in [-0.1, -0.05) is 6.07 Å². The monoisotopic (exact) mass is 407 g/mol. The van der Waals surface area contributed by atoms with Crippen LogP contribution in [0.4, 0.5) is 5.69 Å². The average molecular weight is 407 g/mol. The van der Waals surface area contributed by atoms with Crippen molar-refractivity contribution in [1.82, 2.24) is 5.32 Å². The van der Waals surface area contributed by atoms with Crippen molar-refractivity contribution in [3.8, 4) is 5.75 Å². The summed E-state index contributed by atoms with van der Waals surface area (Å²) in [4.78, 5) is 12.4. The SMILES string of the molecule is CC(C)(COc1cccc2c1C(N)=NS(O)(O)N2)NC(=O)c1cc[n+]([O-])cc1. The number of nitrogens with two attached hydrogens (primary N) is 1. The van der Waals surface area contributed by atoms with Gasteiger partial charge in [0.1, 0.15) is 12.4 Å². The first-order valence-electron chi connectivity index (χ1n) is 8.25. The Balaban J connectivity index is 1.72. The molecular formula is C17H21N5O5S. The van der Waals surface area contributed by atoms with Crippen molar-refractivity contribution < 1.29 is 23.4 Å². The van der Waals surface area contributed by atoms with Crippen molar-refractivity contribution in [1.29, 1.82) is 0 Å². The number of hydrogen-bond acceptors (Lipinski definition) is 8. The van der Waals surface area contributed by atoms with Crippen LogP contribution in [0.25, 0.3) is 0 Å². The number of carbonyl (C=O) groups excluding carboxylic acids is 1. The van der Waals surface area contributed by atoms with Gasteiger partial charge in [0, 0.05) is 12.1 Å². The van der Waals surface area contributed by atoms with Crippen LogP contribution in [0, 0.1) is 5.21 Å². The highest BCUT2D eigenvalue weighted by molar-refractivity contribution is 8.24. The number of nitrogens with zero attached hydrogens (tertiary/aromatic N) is 2. The average Bonchev–Trinajstić information content (AvgIpc) is 2.58. The van der Waals surface area contributed by atoms with E-state index in [1.807, 2.05) is 0 Å². The normalized spacial score (nSPS) is 16.2. The lowest BCUT2D eigenvalue weighted by atomic mass is 10.1. The number of amidine groups is 1. The Morgan fingerprint density at radius 2 is 2.04 bits per heavy atom. The van der Waals surface area contributed by atoms with E-state index in [0.29, 0.717) is 27.3 Å². The first-order valence-corrected chi connectivity index (χ1v) is 9.76. The van der Waals surface area contributed by atoms with Gasteiger partial charge in [0.25, 0.3) is 5.91 Å². The summed E-state index contributed by atoms with van der Waals surface area (Å²) in [6.45, 7) is 3.67. The molecule has 1 aromatic heterocycles. The lowest BCUT2D eigenvalue weighted by molar-refractivity contribution is -0.605. The molecule has 1 aliphatic rings. The van der Waals surface area contributed by atoms with Gasteiger partial charge in [-0.2, -0.15) is 4.73 Å². The number of nitrogens with one attached hydrogen (secondary N) is 2. The number of amides is 1. The van der Waals surface area contributed by atoms with Gasteiger partial charge in [0.05, 0.1) is 22.4 Å². The second-order valence-corrected chi connectivity index (χ2v) is 8.27. The molecular weight excluding hydrogens is 386 g/mol. The smallest absolute Gasteiger partial charge is 0.252 e. The Morgan fingerprint density at radius 1 is 1.36 bits per heavy atom. The van der Waals surface area contributed by atoms with Gasteiger partial charge in [-0.05, 0) is 36.9 Å². The number of anilines is 1. The van der Waals surface area contributed by atoms with Crippen LogP contribution in [0.2, 0.25) is 0 Å². The molecule has 0 unspecified atom stereocenters. The summed E-state index contributed by atoms with van der Waals surface area (Å²) in [7, 11) is -3.38. The number of benzene rings is 1. The summed E-state index contributed by atoms with van der Waals surface area (Å²) in [6, 6.07) is 7.82. The Labute approximate surface area is 163 Å². The lowest BCUT2D eigenvalue weighted by Crippen LogP contribution is -2.48. The molecule has 1 aromatic carbocycles. The Hall–Kier alpha value is -3.02. The van der Waals surface area contributed by atoms with Crippen molar-refractivity contribution in [3.63, 3.8) is 0 Å². The van der Waals surface area contributed by atoms with Crippen LogP contribution in [0.15, 0.2) is 47.1 Å². The predicted octanol–water partition coefficient (Wildman–Crippen LogP) is 1.62. The van der Waals surface area contributed by atoms with Gasteiger partial charge in [-0.25, -0.2) is 0 Å². The molecule has 3 rings (SSSR count). The summed E-state index contributed by atoms with van der Waals surface area (Å²) in [5.74, 6) is -0.0158. The Kier molecular flexibility index (Phi) is 5.06. The van der Waals surface area contributed by atoms with Crippen molar-refractivity contribution in [2.45, 2.75) is 19.4 Å². The van der Waals surface area contributed by atoms with Crippen molar-refractivity contribution in [3.05, 3.63) is 59.1 Å². The molecule has 2 aromatic rings. The number of carbonyl (C=O) groups is 1. The van der Waals surface area contributed by atoms with E-state index in [2.05, 4.69) is 14.4 Å². The molecule has 0 fully saturated rings. The summed E-state index contributed by atoms with van der Waals surface area (Å²) < 4.78 is 32.0. The first kappa shape index (κ1) is 19.7. The molecule has 0 bridgehead atoms. The van der Waals surface area contributed by atoms with E-state index in [1.165, 1.54) is 24.5 Å². The van der Waals surface area contributed by atoms with E-state index >= 15 is 0 Å². The van der Waals surface area contributed by atoms with E-state index in [4.69, 9.17) is 10.5 Å². The van der Waals surface area contributed by atoms with Crippen LogP contribution in [-0.4, -0.2) is 33.0 Å². The van der Waals surface area contributed by atoms with Crippen molar-refractivity contribution in [2.24, 2.45) is 10.1 Å². The quantitative estimate of drug-likeness (QED) is 0.372. The Morgan fingerprint density at radius 3 is 2.71 bits per heavy atom. The molecule has 0 saturated carbocycles. The van der Waals surface area contributed by atoms with Crippen LogP contribution in [0.5, 0.6) is 5.75 Å². The largest absolute Gasteiger partial charge is 0.619 e. The zero-order valence-electron chi connectivity index (χ0n) is 15.2. The van der Waals surface area contributed by atoms with Crippen LogP contribution in [-0.2, 0) is 0 Å². The maximum atomic E-state index is 12.4. The molecule has 1 aliphatic heterocycles. The van der Waals surface area contributed by atoms with Crippen molar-refractivity contribution in [2.75, 3.05) is 11.3 Å². The minimum absolute atomic E-state index is 0.0543. The fourth-order valence-corrected chi connectivity index (χ4v) is 3.47. The molecule has 28 heavy (non-hydrogen) atoms. The molecule has 11 heteroatoms. The molecule has 0 radical (unpaired) electrons. The maximum Gasteiger partial charge on any atom is 0.252 e. The van der Waals surface area contributed by atoms with E-state index < -0.39 is 16.5 Å². The second kappa shape index (κ2) is 7.19. The van der Waals surface area contributed by atoms with Gasteiger partial charge in [0.15, 0.2) is 18.2 Å². The molecule has 2 heterocycles. The molecule has 0 aliphatic carbocycles. The molecule has 6 N–H and O–H groups in total. The van der Waals surface area contributed by atoms with Gasteiger partial charge >= 0.3 is 0 Å². The van der Waals surface area contributed by atoms with E-state index in [9.17, 15) is 19.1 Å². The van der Waals surface area contributed by atoms with Gasteiger partial charge < -0.3 is 21.0 Å². The van der Waals surface area contributed by atoms with Crippen LogP contribution >= 0.6 is 11.0 Å². The highest BCUT2D eigenvalue weighted by atomic mass is 32.3. The van der Waals surface area contributed by atoms with Crippen molar-refractivity contribution >= 4 is 28.4 Å². The summed E-state index contributed by atoms with van der Waals surface area (Å²) in [5.41, 5.74) is 6.27. The zero-order valence-corrected chi connectivity index (χ0v) is 16.1. The number of rotatable bonds is 5. The van der Waals surface area contributed by atoms with Crippen LogP contribution in [0.1, 0.15) is 29.8 Å². The predicted molar refractivity (Wildman–Crippen MR) is 106 cm³/mol. The minimum Gasteiger partial charge on any atom is -0.619 e. The topological polar surface area (TPSA) is 156 Å². The fraction of sp³-hybridized carbons (Fsp3) is 0.235. The molecule has 0 atom stereocenters. The fourth-order valence-electron chi connectivity index (χ4n) is 2.59. The number of hydrogen-bond donors (Lipinski definition) is 5. The van der Waals surface area contributed by atoms with E-state index in [-0.39, 0.29) is 18.3 Å². The summed E-state index contributed by atoms with van der Waals surface area (Å²) >= 11 is 0. The van der Waals surface area contributed by atoms with Gasteiger partial charge in [-0.15, -0.1) is 4.40 Å². The molecule has 1 amide bonds. The third-order valence-electron chi connectivity index (χ3n) is 3.86. The molecule has 150 valence electrons.